The van der Waals surface area contributed by atoms with E-state index in [2.05, 4.69) is 20.6 Å². The van der Waals surface area contributed by atoms with Crippen LogP contribution in [0.5, 0.6) is 0 Å². The lowest BCUT2D eigenvalue weighted by Gasteiger charge is -2.32. The lowest BCUT2D eigenvalue weighted by Crippen LogP contribution is -2.41. The average molecular weight is 392 g/mol. The maximum absolute atomic E-state index is 12.3. The number of likely N-dealkylation sites (tertiary alicyclic amines) is 1. The molecule has 2 amide bonds. The van der Waals surface area contributed by atoms with Crippen LogP contribution in [0.4, 0.5) is 27.9 Å². The van der Waals surface area contributed by atoms with Gasteiger partial charge >= 0.3 is 6.03 Å². The molecule has 0 saturated carbocycles. The first-order valence-corrected chi connectivity index (χ1v) is 10.1. The quantitative estimate of drug-likeness (QED) is 0.685. The molecule has 0 bridgehead atoms. The number of aliphatic hydroxyl groups excluding tert-OH is 1. The molecule has 8 nitrogen and oxygen atoms in total. The number of hydrogen-bond donors (Lipinski definition) is 3. The number of urea groups is 1. The van der Waals surface area contributed by atoms with Gasteiger partial charge in [0, 0.05) is 43.8 Å². The molecule has 2 radical (unpaired) electrons. The van der Waals surface area contributed by atoms with Crippen LogP contribution < -0.4 is 21.0 Å². The minimum absolute atomic E-state index is 0.0747. The van der Waals surface area contributed by atoms with E-state index in [4.69, 9.17) is 7.85 Å². The highest BCUT2D eigenvalue weighted by atomic mass is 16.3. The first-order valence-electron chi connectivity index (χ1n) is 10.1. The van der Waals surface area contributed by atoms with Gasteiger partial charge in [0.15, 0.2) is 0 Å². The third-order valence-electron chi connectivity index (χ3n) is 5.26. The number of nitrogens with zero attached hydrogens (tertiary/aromatic N) is 4. The minimum atomic E-state index is -0.370. The van der Waals surface area contributed by atoms with Gasteiger partial charge in [0.25, 0.3) is 0 Å². The van der Waals surface area contributed by atoms with Crippen LogP contribution in [0.3, 0.4) is 0 Å². The number of piperidine rings is 1. The Morgan fingerprint density at radius 1 is 1.17 bits per heavy atom. The Kier molecular flexibility index (Phi) is 5.85. The van der Waals surface area contributed by atoms with Gasteiger partial charge in [-0.15, -0.1) is 0 Å². The predicted molar refractivity (Wildman–Crippen MR) is 114 cm³/mol. The van der Waals surface area contributed by atoms with Crippen LogP contribution in [-0.4, -0.2) is 66.1 Å². The Hall–Kier alpha value is -2.81. The summed E-state index contributed by atoms with van der Waals surface area (Å²) in [6.07, 6.45) is 5.00. The zero-order valence-electron chi connectivity index (χ0n) is 16.3. The standard InChI is InChI=1S/C20H25BN6O2/c21-17-12-22-19(25-18(17)27-10-4-7-16(28)13-27)23-14-5-3-6-15(11-14)24-20(29)26-8-1-2-9-26/h3,5-6,11-12,16,28H,1-2,4,7-10,13H2,(H,24,29)(H,22,23,25). The maximum atomic E-state index is 12.3. The number of hydrogen-bond acceptors (Lipinski definition) is 6. The van der Waals surface area contributed by atoms with Crippen LogP contribution in [0, 0.1) is 0 Å². The molecule has 3 N–H and O–H groups in total. The molecule has 0 aliphatic carbocycles. The Labute approximate surface area is 171 Å². The second-order valence-electron chi connectivity index (χ2n) is 7.54. The first kappa shape index (κ1) is 19.5. The zero-order valence-corrected chi connectivity index (χ0v) is 16.3. The van der Waals surface area contributed by atoms with Crippen molar-refractivity contribution >= 4 is 42.5 Å². The van der Waals surface area contributed by atoms with Gasteiger partial charge in [-0.05, 0) is 49.3 Å². The monoisotopic (exact) mass is 392 g/mol. The number of benzene rings is 1. The van der Waals surface area contributed by atoms with E-state index in [-0.39, 0.29) is 12.1 Å². The van der Waals surface area contributed by atoms with Crippen molar-refractivity contribution in [3.63, 3.8) is 0 Å². The van der Waals surface area contributed by atoms with E-state index < -0.39 is 0 Å². The Balaban J connectivity index is 1.46. The molecule has 9 heteroatoms. The molecule has 2 aromatic rings. The van der Waals surface area contributed by atoms with E-state index in [9.17, 15) is 9.90 Å². The third kappa shape index (κ3) is 4.79. The molecule has 0 spiro atoms. The van der Waals surface area contributed by atoms with Gasteiger partial charge in [-0.2, -0.15) is 4.98 Å². The number of β-amino-alcohol motifs (C(OH)–C–C–N with tert-alkyl or cyclic N) is 1. The summed E-state index contributed by atoms with van der Waals surface area (Å²) in [7, 11) is 6.07. The Morgan fingerprint density at radius 3 is 2.76 bits per heavy atom. The number of rotatable bonds is 4. The molecule has 3 heterocycles. The molecular formula is C20H25BN6O2. The van der Waals surface area contributed by atoms with Crippen LogP contribution in [0.15, 0.2) is 30.5 Å². The Morgan fingerprint density at radius 2 is 1.97 bits per heavy atom. The van der Waals surface area contributed by atoms with Crippen molar-refractivity contribution in [3.05, 3.63) is 30.5 Å². The third-order valence-corrected chi connectivity index (χ3v) is 5.26. The number of aromatic nitrogens is 2. The highest BCUT2D eigenvalue weighted by molar-refractivity contribution is 6.35. The Bertz CT molecular complexity index is 874. The van der Waals surface area contributed by atoms with Crippen molar-refractivity contribution in [1.82, 2.24) is 14.9 Å². The predicted octanol–water partition coefficient (Wildman–Crippen LogP) is 1.60. The molecule has 1 unspecified atom stereocenters. The van der Waals surface area contributed by atoms with Crippen molar-refractivity contribution < 1.29 is 9.90 Å². The fraction of sp³-hybridized carbons (Fsp3) is 0.450. The summed E-state index contributed by atoms with van der Waals surface area (Å²) >= 11 is 0. The second-order valence-corrected chi connectivity index (χ2v) is 7.54. The van der Waals surface area contributed by atoms with E-state index in [1.54, 1.807) is 6.20 Å². The summed E-state index contributed by atoms with van der Waals surface area (Å²) in [5.74, 6) is 1.04. The summed E-state index contributed by atoms with van der Waals surface area (Å²) in [5.41, 5.74) is 1.96. The normalized spacial score (nSPS) is 19.3. The average Bonchev–Trinajstić information content (AvgIpc) is 3.25. The van der Waals surface area contributed by atoms with Crippen molar-refractivity contribution in [2.24, 2.45) is 0 Å². The SMILES string of the molecule is [B]c1cnc(Nc2cccc(NC(=O)N3CCCC3)c2)nc1N1CCCC(O)C1. The van der Waals surface area contributed by atoms with E-state index in [1.165, 1.54) is 0 Å². The van der Waals surface area contributed by atoms with Gasteiger partial charge in [-0.3, -0.25) is 0 Å². The van der Waals surface area contributed by atoms with Crippen LogP contribution in [0.1, 0.15) is 25.7 Å². The molecule has 29 heavy (non-hydrogen) atoms. The molecular weight excluding hydrogens is 367 g/mol. The topological polar surface area (TPSA) is 93.6 Å². The van der Waals surface area contributed by atoms with Gasteiger partial charge in [0.05, 0.1) is 6.10 Å². The molecule has 1 aromatic heterocycles. The number of aliphatic hydroxyl groups is 1. The lowest BCUT2D eigenvalue weighted by molar-refractivity contribution is 0.154. The molecule has 150 valence electrons. The van der Waals surface area contributed by atoms with Gasteiger partial charge in [0.2, 0.25) is 5.95 Å². The highest BCUT2D eigenvalue weighted by Crippen LogP contribution is 2.21. The van der Waals surface area contributed by atoms with Crippen LogP contribution >= 0.6 is 0 Å². The minimum Gasteiger partial charge on any atom is -0.391 e. The van der Waals surface area contributed by atoms with Crippen LogP contribution in [-0.2, 0) is 0 Å². The molecule has 2 fully saturated rings. The van der Waals surface area contributed by atoms with Crippen molar-refractivity contribution in [1.29, 1.82) is 0 Å². The number of nitrogens with one attached hydrogen (secondary N) is 2. The van der Waals surface area contributed by atoms with Crippen LogP contribution in [0.25, 0.3) is 0 Å². The summed E-state index contributed by atoms with van der Waals surface area (Å²) in [5, 5.41) is 16.0. The summed E-state index contributed by atoms with van der Waals surface area (Å²) < 4.78 is 0. The summed E-state index contributed by atoms with van der Waals surface area (Å²) in [4.78, 5) is 24.9. The van der Waals surface area contributed by atoms with Crippen molar-refractivity contribution in [3.8, 4) is 0 Å². The molecule has 2 saturated heterocycles. The van der Waals surface area contributed by atoms with Crippen molar-refractivity contribution in [2.75, 3.05) is 41.7 Å². The molecule has 1 atom stereocenters. The molecule has 2 aliphatic heterocycles. The van der Waals surface area contributed by atoms with Crippen molar-refractivity contribution in [2.45, 2.75) is 31.8 Å². The fourth-order valence-electron chi connectivity index (χ4n) is 3.77. The lowest BCUT2D eigenvalue weighted by atomic mass is 9.97. The zero-order chi connectivity index (χ0) is 20.2. The van der Waals surface area contributed by atoms with E-state index in [1.807, 2.05) is 34.1 Å². The molecule has 2 aliphatic rings. The van der Waals surface area contributed by atoms with Gasteiger partial charge in [-0.25, -0.2) is 9.78 Å². The molecule has 1 aromatic carbocycles. The highest BCUT2D eigenvalue weighted by Gasteiger charge is 2.21. The molecule has 4 rings (SSSR count). The first-order chi connectivity index (χ1) is 14.1. The van der Waals surface area contributed by atoms with E-state index >= 15 is 0 Å². The number of carbonyl (C=O) groups excluding carboxylic acids is 1. The second kappa shape index (κ2) is 8.69. The van der Waals surface area contributed by atoms with E-state index in [0.717, 1.165) is 51.0 Å². The fourth-order valence-corrected chi connectivity index (χ4v) is 3.77. The van der Waals surface area contributed by atoms with Gasteiger partial charge in [0.1, 0.15) is 13.7 Å². The smallest absolute Gasteiger partial charge is 0.321 e. The summed E-state index contributed by atoms with van der Waals surface area (Å²) in [6.45, 7) is 2.92. The number of anilines is 4. The summed E-state index contributed by atoms with van der Waals surface area (Å²) in [6, 6.07) is 7.37. The number of amides is 2. The number of carbonyl (C=O) groups is 1. The van der Waals surface area contributed by atoms with Crippen LogP contribution in [0.2, 0.25) is 0 Å². The van der Waals surface area contributed by atoms with E-state index in [0.29, 0.717) is 29.5 Å². The van der Waals surface area contributed by atoms with Gasteiger partial charge < -0.3 is 25.5 Å². The van der Waals surface area contributed by atoms with Gasteiger partial charge in [-0.1, -0.05) is 6.07 Å². The largest absolute Gasteiger partial charge is 0.391 e. The maximum Gasteiger partial charge on any atom is 0.321 e.